The van der Waals surface area contributed by atoms with Crippen LogP contribution in [0.15, 0.2) is 54.6 Å². The van der Waals surface area contributed by atoms with E-state index in [1.54, 1.807) is 12.0 Å². The highest BCUT2D eigenvalue weighted by molar-refractivity contribution is 5.88. The molecule has 0 heterocycles. The summed E-state index contributed by atoms with van der Waals surface area (Å²) in [4.78, 5) is 27.7. The molecule has 0 spiro atoms. The van der Waals surface area contributed by atoms with Gasteiger partial charge in [0.15, 0.2) is 0 Å². The molecule has 0 aliphatic rings. The van der Waals surface area contributed by atoms with E-state index in [2.05, 4.69) is 19.2 Å². The second kappa shape index (κ2) is 11.2. The zero-order chi connectivity index (χ0) is 21.2. The highest BCUT2D eigenvalue weighted by Crippen LogP contribution is 2.25. The van der Waals surface area contributed by atoms with E-state index in [0.29, 0.717) is 25.4 Å². The number of hydrogen-bond acceptors (Lipinski definition) is 3. The van der Waals surface area contributed by atoms with E-state index in [0.717, 1.165) is 23.3 Å². The fourth-order valence-corrected chi connectivity index (χ4v) is 3.14. The van der Waals surface area contributed by atoms with Crippen LogP contribution in [0.1, 0.15) is 50.8 Å². The van der Waals surface area contributed by atoms with Gasteiger partial charge < -0.3 is 15.0 Å². The van der Waals surface area contributed by atoms with Gasteiger partial charge in [0.2, 0.25) is 11.8 Å². The molecular weight excluding hydrogens is 364 g/mol. The molecular formula is C24H32N2O3. The average Bonchev–Trinajstić information content (AvgIpc) is 2.73. The van der Waals surface area contributed by atoms with Crippen LogP contribution >= 0.6 is 0 Å². The van der Waals surface area contributed by atoms with Gasteiger partial charge in [0.1, 0.15) is 11.8 Å². The van der Waals surface area contributed by atoms with Crippen molar-refractivity contribution in [2.45, 2.75) is 46.2 Å². The third-order valence-corrected chi connectivity index (χ3v) is 4.83. The van der Waals surface area contributed by atoms with Gasteiger partial charge in [0.25, 0.3) is 0 Å². The Morgan fingerprint density at radius 3 is 2.24 bits per heavy atom. The Kier molecular flexibility index (Phi) is 8.71. The summed E-state index contributed by atoms with van der Waals surface area (Å²) in [6.07, 6.45) is 1.23. The number of ether oxygens (including phenoxy) is 1. The summed E-state index contributed by atoms with van der Waals surface area (Å²) in [5.41, 5.74) is 1.76. The second-order valence-electron chi connectivity index (χ2n) is 7.51. The number of nitrogens with zero attached hydrogens (tertiary/aromatic N) is 1. The minimum atomic E-state index is -0.669. The summed E-state index contributed by atoms with van der Waals surface area (Å²) in [5.74, 6) is 1.05. The predicted molar refractivity (Wildman–Crippen MR) is 115 cm³/mol. The van der Waals surface area contributed by atoms with Gasteiger partial charge >= 0.3 is 0 Å². The van der Waals surface area contributed by atoms with E-state index in [1.165, 1.54) is 0 Å². The Morgan fingerprint density at radius 2 is 1.69 bits per heavy atom. The minimum Gasteiger partial charge on any atom is -0.497 e. The predicted octanol–water partition coefficient (Wildman–Crippen LogP) is 4.34. The summed E-state index contributed by atoms with van der Waals surface area (Å²) in [5, 5.41) is 3.02. The Labute approximate surface area is 174 Å². The molecule has 29 heavy (non-hydrogen) atoms. The zero-order valence-electron chi connectivity index (χ0n) is 17.9. The number of hydrogen-bond donors (Lipinski definition) is 1. The molecule has 0 fully saturated rings. The first-order valence-corrected chi connectivity index (χ1v) is 10.2. The van der Waals surface area contributed by atoms with Crippen molar-refractivity contribution < 1.29 is 14.3 Å². The van der Waals surface area contributed by atoms with Crippen molar-refractivity contribution in [2.75, 3.05) is 13.7 Å². The number of methoxy groups -OCH3 is 1. The molecule has 0 saturated heterocycles. The van der Waals surface area contributed by atoms with Gasteiger partial charge in [-0.25, -0.2) is 0 Å². The van der Waals surface area contributed by atoms with E-state index in [1.807, 2.05) is 61.5 Å². The van der Waals surface area contributed by atoms with Crippen molar-refractivity contribution in [3.63, 3.8) is 0 Å². The van der Waals surface area contributed by atoms with Crippen LogP contribution in [0.25, 0.3) is 0 Å². The average molecular weight is 397 g/mol. The Bertz CT molecular complexity index is 772. The largest absolute Gasteiger partial charge is 0.497 e. The first kappa shape index (κ1) is 22.5. The zero-order valence-corrected chi connectivity index (χ0v) is 17.9. The molecule has 1 N–H and O–H groups in total. The van der Waals surface area contributed by atoms with Crippen molar-refractivity contribution in [3.05, 3.63) is 65.7 Å². The molecule has 2 rings (SSSR count). The fraction of sp³-hybridized carbons (Fsp3) is 0.417. The first-order chi connectivity index (χ1) is 14.0. The van der Waals surface area contributed by atoms with E-state index in [-0.39, 0.29) is 11.8 Å². The third-order valence-electron chi connectivity index (χ3n) is 4.83. The monoisotopic (exact) mass is 396 g/mol. The van der Waals surface area contributed by atoms with Crippen LogP contribution in [0.4, 0.5) is 0 Å². The van der Waals surface area contributed by atoms with Gasteiger partial charge in [-0.3, -0.25) is 9.59 Å². The lowest BCUT2D eigenvalue weighted by Crippen LogP contribution is -2.43. The minimum absolute atomic E-state index is 0.0614. The Hall–Kier alpha value is -2.82. The quantitative estimate of drug-likeness (QED) is 0.650. The maximum absolute atomic E-state index is 13.2. The molecule has 0 aliphatic heterocycles. The number of rotatable bonds is 10. The summed E-state index contributed by atoms with van der Waals surface area (Å²) in [6, 6.07) is 16.4. The molecule has 1 atom stereocenters. The molecule has 0 unspecified atom stereocenters. The van der Waals surface area contributed by atoms with Crippen LogP contribution in [-0.2, 0) is 16.1 Å². The van der Waals surface area contributed by atoms with Crippen LogP contribution in [0, 0.1) is 5.92 Å². The number of amides is 2. The first-order valence-electron chi connectivity index (χ1n) is 10.2. The van der Waals surface area contributed by atoms with E-state index >= 15 is 0 Å². The molecule has 0 aromatic heterocycles. The van der Waals surface area contributed by atoms with Crippen LogP contribution < -0.4 is 10.1 Å². The number of nitrogens with one attached hydrogen (secondary N) is 1. The van der Waals surface area contributed by atoms with Crippen LogP contribution in [0.3, 0.4) is 0 Å². The molecule has 156 valence electrons. The summed E-state index contributed by atoms with van der Waals surface area (Å²) < 4.78 is 5.22. The molecule has 0 bridgehead atoms. The van der Waals surface area contributed by atoms with E-state index in [9.17, 15) is 9.59 Å². The van der Waals surface area contributed by atoms with Crippen molar-refractivity contribution in [2.24, 2.45) is 5.92 Å². The van der Waals surface area contributed by atoms with E-state index in [4.69, 9.17) is 4.74 Å². The van der Waals surface area contributed by atoms with Gasteiger partial charge in [0, 0.05) is 19.5 Å². The van der Waals surface area contributed by atoms with Gasteiger partial charge in [-0.05, 0) is 35.6 Å². The number of carbonyl (C=O) groups excluding carboxylic acids is 2. The van der Waals surface area contributed by atoms with Crippen LogP contribution in [0.5, 0.6) is 5.75 Å². The maximum Gasteiger partial charge on any atom is 0.247 e. The molecule has 0 radical (unpaired) electrons. The van der Waals surface area contributed by atoms with Crippen molar-refractivity contribution >= 4 is 11.8 Å². The SMILES string of the molecule is CCC(=O)N(Cc1ccc(OC)cc1)[C@@H](C(=O)NCCC(C)C)c1ccccc1. The molecule has 2 aromatic rings. The highest BCUT2D eigenvalue weighted by atomic mass is 16.5. The molecule has 0 aliphatic carbocycles. The number of benzene rings is 2. The smallest absolute Gasteiger partial charge is 0.247 e. The topological polar surface area (TPSA) is 58.6 Å². The van der Waals surface area contributed by atoms with Gasteiger partial charge in [-0.15, -0.1) is 0 Å². The van der Waals surface area contributed by atoms with Crippen molar-refractivity contribution in [1.82, 2.24) is 10.2 Å². The summed E-state index contributed by atoms with van der Waals surface area (Å²) in [6.45, 7) is 7.02. The third kappa shape index (κ3) is 6.63. The molecule has 5 nitrogen and oxygen atoms in total. The van der Waals surface area contributed by atoms with E-state index < -0.39 is 6.04 Å². The molecule has 2 aromatic carbocycles. The number of carbonyl (C=O) groups is 2. The normalized spacial score (nSPS) is 11.8. The standard InChI is InChI=1S/C24H32N2O3/c1-5-22(27)26(17-19-11-13-21(29-4)14-12-19)23(20-9-7-6-8-10-20)24(28)25-16-15-18(2)3/h6-14,18,23H,5,15-17H2,1-4H3,(H,25,28)/t23-/m1/s1. The van der Waals surface area contributed by atoms with Crippen LogP contribution in [0.2, 0.25) is 0 Å². The lowest BCUT2D eigenvalue weighted by Gasteiger charge is -2.31. The highest BCUT2D eigenvalue weighted by Gasteiger charge is 2.30. The fourth-order valence-electron chi connectivity index (χ4n) is 3.14. The molecule has 0 saturated carbocycles. The lowest BCUT2D eigenvalue weighted by atomic mass is 10.0. The van der Waals surface area contributed by atoms with Crippen molar-refractivity contribution in [1.29, 1.82) is 0 Å². The Morgan fingerprint density at radius 1 is 1.03 bits per heavy atom. The summed E-state index contributed by atoms with van der Waals surface area (Å²) >= 11 is 0. The molecule has 2 amide bonds. The second-order valence-corrected chi connectivity index (χ2v) is 7.51. The molecule has 5 heteroatoms. The van der Waals surface area contributed by atoms with Gasteiger partial charge in [-0.1, -0.05) is 63.2 Å². The maximum atomic E-state index is 13.2. The van der Waals surface area contributed by atoms with Gasteiger partial charge in [-0.2, -0.15) is 0 Å². The van der Waals surface area contributed by atoms with Crippen molar-refractivity contribution in [3.8, 4) is 5.75 Å². The van der Waals surface area contributed by atoms with Crippen LogP contribution in [-0.4, -0.2) is 30.4 Å². The summed E-state index contributed by atoms with van der Waals surface area (Å²) in [7, 11) is 1.62. The Balaban J connectivity index is 2.32. The van der Waals surface area contributed by atoms with Gasteiger partial charge in [0.05, 0.1) is 7.11 Å². The lowest BCUT2D eigenvalue weighted by molar-refractivity contribution is -0.141.